The van der Waals surface area contributed by atoms with E-state index in [1.54, 1.807) is 13.8 Å². The van der Waals surface area contributed by atoms with Gasteiger partial charge >= 0.3 is 11.4 Å². The molecular formula is C101H132O14S. The zero-order chi connectivity index (χ0) is 81.8. The van der Waals surface area contributed by atoms with Crippen molar-refractivity contribution in [1.29, 1.82) is 0 Å². The van der Waals surface area contributed by atoms with Gasteiger partial charge in [-0.15, -0.1) is 19.3 Å². The predicted octanol–water partition coefficient (Wildman–Crippen LogP) is 18.2. The van der Waals surface area contributed by atoms with Gasteiger partial charge in [-0.3, -0.25) is 38.4 Å². The lowest BCUT2D eigenvalue weighted by molar-refractivity contribution is -0.177. The fourth-order valence-electron chi connectivity index (χ4n) is 33.7. The SMILES string of the molecule is C#C[C@]1(O)CC[C@H]2[C@@H]3CCC4=CC(=O)CC[C@@H]4[C@H]3CC[C@@]21C.C#C[C@]1(OS(=O)O[C@@]2(C#C)CC[C@H]3[C@@H]4CCC5=CC(=O)CC[C@@H]5[C@H]4CC[C@@]32C)CC[C@H]2[C@@H]3CCC4=CC(=O)CC[C@@H]4[C@H]3CC[C@@]21C.CC(=O)[C@@]1(O)CC[C@H]2[C@@H]3CCC4=CC(=O)CC[C@@H]4[C@H]3CC[C@@]21C.CC(=O)[C@@]1(OC=O)CC[C@H]2[C@@H]3CCC4=CC(=O)CC[C@@H]4[C@H]3CC[C@@]21C. The molecule has 2 N–H and O–H groups in total. The fourth-order valence-corrected chi connectivity index (χ4v) is 34.9. The van der Waals surface area contributed by atoms with Gasteiger partial charge in [-0.05, 0) is 387 Å². The van der Waals surface area contributed by atoms with Crippen molar-refractivity contribution >= 4 is 58.3 Å². The zero-order valence-corrected chi connectivity index (χ0v) is 71.5. The number of Topliss-reactive ketones (excluding diaryl/α,β-unsaturated/α-hetero) is 2. The lowest BCUT2D eigenvalue weighted by Crippen LogP contribution is -2.56. The third-order valence-corrected chi connectivity index (χ3v) is 40.5. The number of fused-ring (bicyclic) bond motifs is 25. The van der Waals surface area contributed by atoms with Gasteiger partial charge in [0.25, 0.3) is 6.47 Å². The van der Waals surface area contributed by atoms with E-state index >= 15 is 0 Å². The Bertz CT molecular complexity index is 4270. The topological polar surface area (TPSA) is 222 Å². The summed E-state index contributed by atoms with van der Waals surface area (Å²) in [5.41, 5.74) is 0.939. The molecule has 0 unspecified atom stereocenters. The molecule has 15 heteroatoms. The molecule has 0 amide bonds. The van der Waals surface area contributed by atoms with E-state index in [4.69, 9.17) is 32.4 Å². The standard InChI is InChI=1S/C40H50O5S.C21H28O4.C20H28O3.C20H26O2/c1-5-39(21-17-35-33-11-7-25-23-27(41)9-13-29(25)31(33)15-19-37(35,39)3)44-46(43)45-40(6-2)22-18-36-34-12-8-26-24-28(42)10-14-30(26)32(34)16-20-38(36,40)4;1-13(23)21(25-12-22)10-8-19-18-5-3-14-11-15(24)4-6-16(14)17(18)7-9-20(19,21)2;1-12(21)20(23)10-8-18-17-5-3-13-11-14(22)4-6-15(13)16(17)7-9-19(18,20)2;1-3-20(22)11-9-18-17-6-4-13-12-14(21)5-7-15(13)16(17)8-10-19(18,20)2/h1-2,23-24,29-36H,7-22H2,3-4H3;11-12,16-19H,3-10H2,1-2H3;11,15-18,23H,3-10H2,1-2H3;1,12,15-18,22H,4-11H2,2H3/t29-,30-,31+,32+,33+,34+,35-,36-,37-,38-,39-,40-;16-,17+,18+,19-,20-,21-;2*15-,16+,17+,18-,19-,20-/m0000/s1. The first-order valence-electron chi connectivity index (χ1n) is 46.3. The van der Waals surface area contributed by atoms with Crippen molar-refractivity contribution in [2.75, 3.05) is 0 Å². The quantitative estimate of drug-likeness (QED) is 0.170. The maximum Gasteiger partial charge on any atom is 0.307 e. The first-order chi connectivity index (χ1) is 55.3. The van der Waals surface area contributed by atoms with Crippen LogP contribution in [-0.4, -0.2) is 89.4 Å². The Morgan fingerprint density at radius 2 is 0.655 bits per heavy atom. The first kappa shape index (κ1) is 82.8. The molecule has 0 radical (unpaired) electrons. The van der Waals surface area contributed by atoms with Crippen molar-refractivity contribution in [2.24, 2.45) is 145 Å². The van der Waals surface area contributed by atoms with E-state index < -0.39 is 39.4 Å². The van der Waals surface area contributed by atoms with E-state index in [9.17, 15) is 52.8 Å². The highest BCUT2D eigenvalue weighted by Crippen LogP contribution is 2.72. The molecule has 20 rings (SSSR count). The molecule has 626 valence electrons. The number of ether oxygens (including phenoxy) is 1. The van der Waals surface area contributed by atoms with E-state index in [-0.39, 0.29) is 38.6 Å². The van der Waals surface area contributed by atoms with Crippen LogP contribution in [0.25, 0.3) is 0 Å². The molecule has 15 fully saturated rings. The van der Waals surface area contributed by atoms with Gasteiger partial charge in [-0.1, -0.05) is 80.2 Å². The average Bonchev–Trinajstić information content (AvgIpc) is 1.52. The van der Waals surface area contributed by atoms with Gasteiger partial charge in [0.1, 0.15) is 11.2 Å². The van der Waals surface area contributed by atoms with E-state index in [1.807, 2.05) is 30.4 Å². The minimum absolute atomic E-state index is 0.00251. The molecule has 0 aliphatic heterocycles. The molecule has 0 aromatic rings. The summed E-state index contributed by atoms with van der Waals surface area (Å²) in [5, 5.41) is 22.0. The second-order valence-corrected chi connectivity index (χ2v) is 43.6. The fraction of sp³-hybridized carbons (Fsp3) is 0.762. The summed E-state index contributed by atoms with van der Waals surface area (Å²) < 4.78 is 32.7. The number of carbonyl (C=O) groups excluding carboxylic acids is 8. The Morgan fingerprint density at radius 3 is 0.983 bits per heavy atom. The Morgan fingerprint density at radius 1 is 0.362 bits per heavy atom. The van der Waals surface area contributed by atoms with Gasteiger partial charge in [-0.2, -0.15) is 4.21 Å². The monoisotopic (exact) mass is 1600 g/mol. The van der Waals surface area contributed by atoms with Crippen molar-refractivity contribution in [1.82, 2.24) is 0 Å². The molecule has 30 atom stereocenters. The highest BCUT2D eigenvalue weighted by molar-refractivity contribution is 7.75. The summed E-state index contributed by atoms with van der Waals surface area (Å²) in [6, 6.07) is 0. The van der Waals surface area contributed by atoms with Crippen LogP contribution in [-0.2, 0) is 62.8 Å². The van der Waals surface area contributed by atoms with Crippen molar-refractivity contribution in [2.45, 2.75) is 333 Å². The van der Waals surface area contributed by atoms with E-state index in [1.165, 1.54) is 34.3 Å². The van der Waals surface area contributed by atoms with Crippen LogP contribution in [0.2, 0.25) is 0 Å². The number of hydrogen-bond acceptors (Lipinski definition) is 14. The summed E-state index contributed by atoms with van der Waals surface area (Å²) in [6.45, 7) is 14.8. The lowest BCUT2D eigenvalue weighted by atomic mass is 9.50. The molecule has 20 aliphatic carbocycles. The number of carbonyl (C=O) groups is 8. The molecule has 0 bridgehead atoms. The number of rotatable bonds is 8. The van der Waals surface area contributed by atoms with Gasteiger partial charge in [0.05, 0.1) is 0 Å². The molecule has 14 nitrogen and oxygen atoms in total. The second kappa shape index (κ2) is 30.5. The Hall–Kier alpha value is -5.47. The summed E-state index contributed by atoms with van der Waals surface area (Å²) in [7, 11) is 0. The van der Waals surface area contributed by atoms with E-state index in [0.29, 0.717) is 205 Å². The molecule has 20 aliphatic rings. The van der Waals surface area contributed by atoms with E-state index in [2.05, 4.69) is 52.4 Å². The lowest BCUT2D eigenvalue weighted by Gasteiger charge is -2.55. The van der Waals surface area contributed by atoms with Crippen LogP contribution in [0.5, 0.6) is 0 Å². The van der Waals surface area contributed by atoms with Crippen molar-refractivity contribution in [3.63, 3.8) is 0 Å². The maximum atomic E-state index is 14.1. The van der Waals surface area contributed by atoms with Gasteiger partial charge in [0.15, 0.2) is 57.3 Å². The molecular weight excluding hydrogens is 1470 g/mol. The summed E-state index contributed by atoms with van der Waals surface area (Å²) in [4.78, 5) is 95.3. The number of terminal acetylenes is 3. The van der Waals surface area contributed by atoms with Crippen molar-refractivity contribution in [3.8, 4) is 37.0 Å². The van der Waals surface area contributed by atoms with Crippen molar-refractivity contribution < 1.29 is 65.9 Å². The van der Waals surface area contributed by atoms with Gasteiger partial charge in [0.2, 0.25) is 0 Å². The molecule has 116 heavy (non-hydrogen) atoms. The highest BCUT2D eigenvalue weighted by atomic mass is 32.2. The second-order valence-electron chi connectivity index (χ2n) is 42.8. The third kappa shape index (κ3) is 12.7. The number of aliphatic hydroxyl groups is 2. The van der Waals surface area contributed by atoms with Gasteiger partial charge in [-0.25, -0.2) is 8.37 Å². The Labute approximate surface area is 694 Å². The van der Waals surface area contributed by atoms with Crippen molar-refractivity contribution in [3.05, 3.63) is 58.2 Å². The van der Waals surface area contributed by atoms with Crippen LogP contribution in [0.3, 0.4) is 0 Å². The largest absolute Gasteiger partial charge is 0.453 e. The van der Waals surface area contributed by atoms with E-state index in [0.717, 1.165) is 199 Å². The minimum atomic E-state index is -2.08. The minimum Gasteiger partial charge on any atom is -0.453 e. The molecule has 0 aromatic heterocycles. The van der Waals surface area contributed by atoms with Crippen LogP contribution >= 0.6 is 0 Å². The summed E-state index contributed by atoms with van der Waals surface area (Å²) >= 11 is -2.08. The number of hydrogen-bond donors (Lipinski definition) is 2. The number of ketones is 7. The smallest absolute Gasteiger partial charge is 0.307 e. The van der Waals surface area contributed by atoms with Crippen LogP contribution < -0.4 is 0 Å². The number of allylic oxidation sites excluding steroid dienone is 5. The molecule has 0 spiro atoms. The van der Waals surface area contributed by atoms with Crippen LogP contribution in [0.15, 0.2) is 58.2 Å². The third-order valence-electron chi connectivity index (χ3n) is 39.7. The summed E-state index contributed by atoms with van der Waals surface area (Å²) in [5.74, 6) is 21.6. The molecule has 15 saturated carbocycles. The van der Waals surface area contributed by atoms with Gasteiger partial charge in [0, 0.05) is 59.2 Å². The molecule has 0 saturated heterocycles. The highest BCUT2D eigenvalue weighted by Gasteiger charge is 2.71. The maximum absolute atomic E-state index is 14.1. The van der Waals surface area contributed by atoms with Crippen LogP contribution in [0.1, 0.15) is 305 Å². The predicted molar refractivity (Wildman–Crippen MR) is 444 cm³/mol. The zero-order valence-electron chi connectivity index (χ0n) is 70.7. The van der Waals surface area contributed by atoms with Crippen LogP contribution in [0.4, 0.5) is 0 Å². The Balaban J connectivity index is 0.000000118. The Kier molecular flexibility index (Phi) is 21.8. The molecule has 0 aromatic carbocycles. The summed E-state index contributed by atoms with van der Waals surface area (Å²) in [6.07, 6.45) is 66.0. The average molecular weight is 1600 g/mol. The normalized spacial score (nSPS) is 48.6. The van der Waals surface area contributed by atoms with Crippen LogP contribution in [0, 0.1) is 182 Å². The molecule has 0 heterocycles. The first-order valence-corrected chi connectivity index (χ1v) is 47.3. The van der Waals surface area contributed by atoms with Gasteiger partial charge < -0.3 is 14.9 Å².